The lowest BCUT2D eigenvalue weighted by molar-refractivity contribution is 0.0729. The van der Waals surface area contributed by atoms with E-state index in [2.05, 4.69) is 26.2 Å². The van der Waals surface area contributed by atoms with Gasteiger partial charge in [0, 0.05) is 36.0 Å². The van der Waals surface area contributed by atoms with Gasteiger partial charge in [-0.3, -0.25) is 4.98 Å². The third-order valence-electron chi connectivity index (χ3n) is 4.20. The van der Waals surface area contributed by atoms with Crippen molar-refractivity contribution in [3.63, 3.8) is 0 Å². The summed E-state index contributed by atoms with van der Waals surface area (Å²) in [6, 6.07) is 5.14. The van der Waals surface area contributed by atoms with Crippen molar-refractivity contribution in [2.45, 2.75) is 4.90 Å². The number of halogens is 1. The largest absolute Gasteiger partial charge is 0.506 e. The highest BCUT2D eigenvalue weighted by atomic mass is 79.9. The predicted molar refractivity (Wildman–Crippen MR) is 104 cm³/mol. The first-order valence-electron chi connectivity index (χ1n) is 8.64. The number of aromatic hydroxyl groups is 1. The minimum Gasteiger partial charge on any atom is -0.506 e. The van der Waals surface area contributed by atoms with Crippen LogP contribution in [-0.2, 0) is 19.5 Å². The zero-order chi connectivity index (χ0) is 19.3. The molecule has 148 valence electrons. The van der Waals surface area contributed by atoms with Gasteiger partial charge in [0.05, 0.1) is 38.1 Å². The molecule has 4 rings (SSSR count). The van der Waals surface area contributed by atoms with Crippen molar-refractivity contribution in [2.24, 2.45) is 0 Å². The van der Waals surface area contributed by atoms with Crippen molar-refractivity contribution in [1.82, 2.24) is 14.6 Å². The van der Waals surface area contributed by atoms with Crippen LogP contribution in [0.5, 0.6) is 5.75 Å². The maximum atomic E-state index is 12.6. The van der Waals surface area contributed by atoms with Gasteiger partial charge >= 0.3 is 0 Å². The second-order valence-corrected chi connectivity index (χ2v) is 8.83. The van der Waals surface area contributed by atoms with Crippen LogP contribution >= 0.6 is 15.9 Å². The van der Waals surface area contributed by atoms with Crippen molar-refractivity contribution < 1.29 is 23.0 Å². The Balaban J connectivity index is 0.000000299. The number of hydrogen-bond acceptors (Lipinski definition) is 7. The lowest BCUT2D eigenvalue weighted by Gasteiger charge is -2.26. The first-order valence-corrected chi connectivity index (χ1v) is 10.9. The highest BCUT2D eigenvalue weighted by Crippen LogP contribution is 2.33. The van der Waals surface area contributed by atoms with E-state index < -0.39 is 10.0 Å². The van der Waals surface area contributed by atoms with Crippen molar-refractivity contribution in [1.29, 1.82) is 0 Å². The molecule has 2 N–H and O–H groups in total. The van der Waals surface area contributed by atoms with Gasteiger partial charge in [0.2, 0.25) is 10.0 Å². The van der Waals surface area contributed by atoms with E-state index in [1.165, 1.54) is 10.5 Å². The summed E-state index contributed by atoms with van der Waals surface area (Å²) >= 11 is 3.30. The molecule has 0 aliphatic carbocycles. The molecule has 2 aromatic rings. The normalized spacial score (nSPS) is 18.7. The molecule has 10 heteroatoms. The molecule has 2 fully saturated rings. The van der Waals surface area contributed by atoms with Gasteiger partial charge in [0.1, 0.15) is 10.6 Å². The van der Waals surface area contributed by atoms with Gasteiger partial charge < -0.3 is 19.9 Å². The standard InChI is InChI=1S/C13H13BrN2O4S.C4H9NO/c14-9-1-2-11-10(7-9)13(17)12(8-15-11)21(18,19)16-3-5-20-6-4-16;1-3-6-4-2-5-1/h1-2,7-8H,3-6H2,(H,15,17);5H,1-4H2. The number of aromatic nitrogens is 1. The number of ether oxygens (including phenoxy) is 2. The summed E-state index contributed by atoms with van der Waals surface area (Å²) in [5.41, 5.74) is 0.539. The number of morpholine rings is 2. The Labute approximate surface area is 166 Å². The number of fused-ring (bicyclic) bond motifs is 1. The number of nitrogens with one attached hydrogen (secondary N) is 1. The molecule has 0 radical (unpaired) electrons. The Kier molecular flexibility index (Phi) is 7.01. The van der Waals surface area contributed by atoms with Crippen LogP contribution in [0.15, 0.2) is 33.8 Å². The Morgan fingerprint density at radius 3 is 2.37 bits per heavy atom. The molecule has 0 unspecified atom stereocenters. The molecule has 2 aliphatic heterocycles. The summed E-state index contributed by atoms with van der Waals surface area (Å²) < 4.78 is 37.4. The second kappa shape index (κ2) is 9.26. The van der Waals surface area contributed by atoms with Gasteiger partial charge in [0.15, 0.2) is 0 Å². The van der Waals surface area contributed by atoms with E-state index in [4.69, 9.17) is 9.47 Å². The number of sulfonamides is 1. The predicted octanol–water partition coefficient (Wildman–Crippen LogP) is 1.33. The van der Waals surface area contributed by atoms with Gasteiger partial charge in [-0.05, 0) is 18.2 Å². The maximum absolute atomic E-state index is 12.6. The van der Waals surface area contributed by atoms with E-state index in [9.17, 15) is 13.5 Å². The monoisotopic (exact) mass is 459 g/mol. The van der Waals surface area contributed by atoms with Gasteiger partial charge in [0.25, 0.3) is 0 Å². The molecule has 1 aromatic carbocycles. The average molecular weight is 460 g/mol. The minimum absolute atomic E-state index is 0.171. The number of nitrogens with zero attached hydrogens (tertiary/aromatic N) is 2. The summed E-state index contributed by atoms with van der Waals surface area (Å²) in [5, 5.41) is 13.9. The van der Waals surface area contributed by atoms with E-state index >= 15 is 0 Å². The zero-order valence-electron chi connectivity index (χ0n) is 14.7. The van der Waals surface area contributed by atoms with Crippen LogP contribution in [0.25, 0.3) is 10.9 Å². The molecule has 0 spiro atoms. The molecule has 3 heterocycles. The Hall–Kier alpha value is -1.30. The fraction of sp³-hybridized carbons (Fsp3) is 0.471. The third kappa shape index (κ3) is 4.95. The molecule has 0 saturated carbocycles. The summed E-state index contributed by atoms with van der Waals surface area (Å²) in [6.07, 6.45) is 1.20. The molecular weight excluding hydrogens is 438 g/mol. The van der Waals surface area contributed by atoms with Crippen molar-refractivity contribution in [3.05, 3.63) is 28.9 Å². The lowest BCUT2D eigenvalue weighted by Crippen LogP contribution is -2.40. The Morgan fingerprint density at radius 2 is 1.78 bits per heavy atom. The van der Waals surface area contributed by atoms with E-state index in [-0.39, 0.29) is 23.7 Å². The Bertz CT molecular complexity index is 872. The third-order valence-corrected chi connectivity index (χ3v) is 6.60. The average Bonchev–Trinajstić information content (AvgIpc) is 2.71. The molecule has 27 heavy (non-hydrogen) atoms. The van der Waals surface area contributed by atoms with Gasteiger partial charge in [-0.1, -0.05) is 15.9 Å². The molecule has 0 bridgehead atoms. The molecule has 2 aliphatic rings. The van der Waals surface area contributed by atoms with Crippen molar-refractivity contribution >= 4 is 36.9 Å². The first kappa shape index (κ1) is 20.4. The second-order valence-electron chi connectivity index (χ2n) is 6.01. The van der Waals surface area contributed by atoms with E-state index in [0.29, 0.717) is 24.1 Å². The van der Waals surface area contributed by atoms with Crippen LogP contribution in [0, 0.1) is 0 Å². The SMILES string of the molecule is C1COCCN1.O=S(=O)(c1cnc2ccc(Br)cc2c1O)N1CCOCC1. The molecular formula is C17H22BrN3O5S. The molecule has 0 atom stereocenters. The van der Waals surface area contributed by atoms with Crippen LogP contribution in [0.1, 0.15) is 0 Å². The quantitative estimate of drug-likeness (QED) is 0.698. The van der Waals surface area contributed by atoms with Gasteiger partial charge in [-0.2, -0.15) is 4.31 Å². The molecule has 1 aromatic heterocycles. The summed E-state index contributed by atoms with van der Waals surface area (Å²) in [4.78, 5) is 3.96. The minimum atomic E-state index is -3.77. The summed E-state index contributed by atoms with van der Waals surface area (Å²) in [6.45, 7) is 5.09. The highest BCUT2D eigenvalue weighted by molar-refractivity contribution is 9.10. The lowest BCUT2D eigenvalue weighted by atomic mass is 10.2. The fourth-order valence-electron chi connectivity index (χ4n) is 2.76. The van der Waals surface area contributed by atoms with Crippen LogP contribution in [-0.4, -0.2) is 75.4 Å². The number of pyridine rings is 1. The molecule has 2 saturated heterocycles. The molecule has 0 amide bonds. The number of hydrogen-bond donors (Lipinski definition) is 2. The highest BCUT2D eigenvalue weighted by Gasteiger charge is 2.30. The summed E-state index contributed by atoms with van der Waals surface area (Å²) in [7, 11) is -3.77. The summed E-state index contributed by atoms with van der Waals surface area (Å²) in [5.74, 6) is -0.271. The maximum Gasteiger partial charge on any atom is 0.248 e. The van der Waals surface area contributed by atoms with Gasteiger partial charge in [-0.15, -0.1) is 0 Å². The number of benzene rings is 1. The van der Waals surface area contributed by atoms with Crippen LogP contribution in [0.4, 0.5) is 0 Å². The first-order chi connectivity index (χ1) is 13.0. The van der Waals surface area contributed by atoms with Crippen LogP contribution < -0.4 is 5.32 Å². The van der Waals surface area contributed by atoms with E-state index in [1.54, 1.807) is 18.2 Å². The van der Waals surface area contributed by atoms with Crippen LogP contribution in [0.2, 0.25) is 0 Å². The fourth-order valence-corrected chi connectivity index (χ4v) is 4.57. The van der Waals surface area contributed by atoms with Crippen LogP contribution in [0.3, 0.4) is 0 Å². The number of rotatable bonds is 2. The van der Waals surface area contributed by atoms with Gasteiger partial charge in [-0.25, -0.2) is 8.42 Å². The smallest absolute Gasteiger partial charge is 0.248 e. The Morgan fingerprint density at radius 1 is 1.11 bits per heavy atom. The van der Waals surface area contributed by atoms with Crippen molar-refractivity contribution in [2.75, 3.05) is 52.6 Å². The van der Waals surface area contributed by atoms with E-state index in [1.807, 2.05) is 0 Å². The van der Waals surface area contributed by atoms with E-state index in [0.717, 1.165) is 30.8 Å². The zero-order valence-corrected chi connectivity index (χ0v) is 17.1. The van der Waals surface area contributed by atoms with Crippen molar-refractivity contribution in [3.8, 4) is 5.75 Å². The topological polar surface area (TPSA) is 101 Å². The molecule has 8 nitrogen and oxygen atoms in total.